The number of carbonyl (C=O) groups is 1. The fourth-order valence-corrected chi connectivity index (χ4v) is 2.98. The third kappa shape index (κ3) is 4.51. The van der Waals surface area contributed by atoms with Gasteiger partial charge in [-0.2, -0.15) is 0 Å². The maximum absolute atomic E-state index is 12.0. The molecule has 1 aliphatic rings. The van der Waals surface area contributed by atoms with Crippen molar-refractivity contribution < 1.29 is 23.6 Å². The Hall–Kier alpha value is -3.18. The van der Waals surface area contributed by atoms with Crippen LogP contribution >= 0.6 is 12.0 Å². The first-order valence-corrected chi connectivity index (χ1v) is 8.45. The molecular weight excluding hydrogens is 378 g/mol. The van der Waals surface area contributed by atoms with Crippen molar-refractivity contribution >= 4 is 35.2 Å². The van der Waals surface area contributed by atoms with Crippen LogP contribution in [0.25, 0.3) is 0 Å². The molecule has 0 aromatic heterocycles. The van der Waals surface area contributed by atoms with Crippen LogP contribution < -0.4 is 4.90 Å². The van der Waals surface area contributed by atoms with E-state index in [4.69, 9.17) is 8.92 Å². The van der Waals surface area contributed by atoms with Crippen molar-refractivity contribution in [3.05, 3.63) is 68.8 Å². The van der Waals surface area contributed by atoms with E-state index >= 15 is 0 Å². The number of cyclic esters (lactones) is 1. The second-order valence-electron chi connectivity index (χ2n) is 5.51. The van der Waals surface area contributed by atoms with E-state index in [9.17, 15) is 25.0 Å². The number of nitro benzene ring substituents is 2. The van der Waals surface area contributed by atoms with Crippen molar-refractivity contribution in [2.24, 2.45) is 0 Å². The highest BCUT2D eigenvalue weighted by atomic mass is 32.2. The van der Waals surface area contributed by atoms with E-state index in [1.807, 2.05) is 0 Å². The number of nitrogens with zero attached hydrogens (tertiary/aromatic N) is 3. The summed E-state index contributed by atoms with van der Waals surface area (Å²) in [5, 5.41) is 21.3. The molecular formula is C16H13N3O7S. The number of anilines is 1. The summed E-state index contributed by atoms with van der Waals surface area (Å²) in [5.74, 6) is 0. The maximum Gasteiger partial charge on any atom is 0.414 e. The van der Waals surface area contributed by atoms with E-state index in [1.54, 1.807) is 12.1 Å². The quantitative estimate of drug-likeness (QED) is 0.398. The normalized spacial score (nSPS) is 16.2. The summed E-state index contributed by atoms with van der Waals surface area (Å²) in [5.41, 5.74) is 0.421. The molecule has 0 aliphatic carbocycles. The molecule has 0 N–H and O–H groups in total. The van der Waals surface area contributed by atoms with Crippen LogP contribution in [-0.2, 0) is 8.92 Å². The van der Waals surface area contributed by atoms with Crippen LogP contribution in [0.3, 0.4) is 0 Å². The second kappa shape index (κ2) is 8.01. The first-order chi connectivity index (χ1) is 12.9. The SMILES string of the molecule is O=C1O[C@@H](COSc2ccc([N+](=O)[O-])cc2)CN1c1ccc([N+](=O)[O-])cc1. The van der Waals surface area contributed by atoms with E-state index in [0.717, 1.165) is 12.0 Å². The maximum atomic E-state index is 12.0. The Morgan fingerprint density at radius 3 is 2.15 bits per heavy atom. The number of amides is 1. The van der Waals surface area contributed by atoms with Gasteiger partial charge in [0.05, 0.1) is 16.4 Å². The lowest BCUT2D eigenvalue weighted by molar-refractivity contribution is -0.385. The second-order valence-corrected chi connectivity index (χ2v) is 6.38. The smallest absolute Gasteiger partial charge is 0.414 e. The third-order valence-electron chi connectivity index (χ3n) is 3.70. The van der Waals surface area contributed by atoms with Crippen molar-refractivity contribution in [1.29, 1.82) is 0 Å². The predicted octanol–water partition coefficient (Wildman–Crippen LogP) is 3.55. The van der Waals surface area contributed by atoms with E-state index < -0.39 is 22.0 Å². The molecule has 140 valence electrons. The number of hydrogen-bond donors (Lipinski definition) is 0. The van der Waals surface area contributed by atoms with Gasteiger partial charge in [0, 0.05) is 46.9 Å². The zero-order chi connectivity index (χ0) is 19.4. The molecule has 27 heavy (non-hydrogen) atoms. The molecule has 2 aromatic carbocycles. The summed E-state index contributed by atoms with van der Waals surface area (Å²) in [6, 6.07) is 11.5. The first-order valence-electron chi connectivity index (χ1n) is 7.70. The number of ether oxygens (including phenoxy) is 1. The van der Waals surface area contributed by atoms with Crippen LogP contribution in [-0.4, -0.2) is 35.2 Å². The average Bonchev–Trinajstić information content (AvgIpc) is 3.02. The highest BCUT2D eigenvalue weighted by Gasteiger charge is 2.32. The molecule has 0 saturated carbocycles. The van der Waals surface area contributed by atoms with Crippen LogP contribution in [0.4, 0.5) is 21.9 Å². The number of hydrogen-bond acceptors (Lipinski definition) is 8. The van der Waals surface area contributed by atoms with Gasteiger partial charge in [0.1, 0.15) is 12.7 Å². The Labute approximate surface area is 157 Å². The minimum Gasteiger partial charge on any atom is -0.441 e. The molecule has 1 aliphatic heterocycles. The monoisotopic (exact) mass is 391 g/mol. The topological polar surface area (TPSA) is 125 Å². The number of carbonyl (C=O) groups excluding carboxylic acids is 1. The van der Waals surface area contributed by atoms with Crippen molar-refractivity contribution in [2.45, 2.75) is 11.0 Å². The largest absolute Gasteiger partial charge is 0.441 e. The van der Waals surface area contributed by atoms with Crippen molar-refractivity contribution in [1.82, 2.24) is 0 Å². The summed E-state index contributed by atoms with van der Waals surface area (Å²) in [7, 11) is 0. The molecule has 0 radical (unpaired) electrons. The van der Waals surface area contributed by atoms with Gasteiger partial charge in [0.2, 0.25) is 0 Å². The molecule has 11 heteroatoms. The highest BCUT2D eigenvalue weighted by molar-refractivity contribution is 7.94. The lowest BCUT2D eigenvalue weighted by Crippen LogP contribution is -2.25. The number of rotatable bonds is 7. The van der Waals surface area contributed by atoms with Gasteiger partial charge in [-0.1, -0.05) is 0 Å². The molecule has 10 nitrogen and oxygen atoms in total. The van der Waals surface area contributed by atoms with Crippen LogP contribution in [0.1, 0.15) is 0 Å². The summed E-state index contributed by atoms with van der Waals surface area (Å²) < 4.78 is 10.7. The van der Waals surface area contributed by atoms with Gasteiger partial charge in [0.15, 0.2) is 0 Å². The van der Waals surface area contributed by atoms with Gasteiger partial charge < -0.3 is 8.92 Å². The fraction of sp³-hybridized carbons (Fsp3) is 0.188. The van der Waals surface area contributed by atoms with Gasteiger partial charge in [-0.15, -0.1) is 0 Å². The molecule has 1 amide bonds. The Balaban J connectivity index is 1.51. The van der Waals surface area contributed by atoms with E-state index in [-0.39, 0.29) is 24.5 Å². The molecule has 3 rings (SSSR count). The van der Waals surface area contributed by atoms with Gasteiger partial charge in [-0.05, 0) is 24.3 Å². The van der Waals surface area contributed by atoms with E-state index in [1.165, 1.54) is 41.3 Å². The Bertz CT molecular complexity index is 857. The van der Waals surface area contributed by atoms with Gasteiger partial charge in [0.25, 0.3) is 11.4 Å². The third-order valence-corrected chi connectivity index (χ3v) is 4.42. The van der Waals surface area contributed by atoms with E-state index in [2.05, 4.69) is 0 Å². The lowest BCUT2D eigenvalue weighted by Gasteiger charge is -2.12. The summed E-state index contributed by atoms with van der Waals surface area (Å²) in [6.45, 7) is 0.369. The minimum absolute atomic E-state index is 0.0113. The standard InChI is InChI=1S/C16H13N3O7S/c20-16-17(11-1-3-12(4-2-11)18(21)22)9-14(26-16)10-25-27-15-7-5-13(6-8-15)19(23)24/h1-8,14H,9-10H2/t14-/m1/s1. The predicted molar refractivity (Wildman–Crippen MR) is 95.6 cm³/mol. The average molecular weight is 391 g/mol. The van der Waals surface area contributed by atoms with Gasteiger partial charge in [-0.25, -0.2) is 4.79 Å². The first kappa shape index (κ1) is 18.6. The molecule has 2 aromatic rings. The van der Waals surface area contributed by atoms with Crippen LogP contribution in [0.2, 0.25) is 0 Å². The Morgan fingerprint density at radius 1 is 1.04 bits per heavy atom. The Kier molecular flexibility index (Phi) is 5.52. The molecule has 0 bridgehead atoms. The number of benzene rings is 2. The van der Waals surface area contributed by atoms with Crippen molar-refractivity contribution in [3.8, 4) is 0 Å². The molecule has 1 heterocycles. The molecule has 1 saturated heterocycles. The lowest BCUT2D eigenvalue weighted by atomic mass is 10.2. The molecule has 1 atom stereocenters. The van der Waals surface area contributed by atoms with Crippen molar-refractivity contribution in [3.63, 3.8) is 0 Å². The van der Waals surface area contributed by atoms with Crippen molar-refractivity contribution in [2.75, 3.05) is 18.1 Å². The number of nitro groups is 2. The molecule has 0 spiro atoms. The highest BCUT2D eigenvalue weighted by Crippen LogP contribution is 2.26. The fourth-order valence-electron chi connectivity index (χ4n) is 2.37. The molecule has 1 fully saturated rings. The number of non-ortho nitro benzene ring substituents is 2. The minimum atomic E-state index is -0.558. The van der Waals surface area contributed by atoms with Crippen LogP contribution in [0, 0.1) is 20.2 Å². The Morgan fingerprint density at radius 2 is 1.59 bits per heavy atom. The summed E-state index contributed by atoms with van der Waals surface area (Å²) in [6.07, 6.45) is -1.06. The zero-order valence-electron chi connectivity index (χ0n) is 13.7. The summed E-state index contributed by atoms with van der Waals surface area (Å²) >= 11 is 1.02. The van der Waals surface area contributed by atoms with Crippen LogP contribution in [0.15, 0.2) is 53.4 Å². The molecule has 0 unspecified atom stereocenters. The van der Waals surface area contributed by atoms with Gasteiger partial charge in [-0.3, -0.25) is 25.1 Å². The van der Waals surface area contributed by atoms with E-state index in [0.29, 0.717) is 10.6 Å². The van der Waals surface area contributed by atoms with Crippen LogP contribution in [0.5, 0.6) is 0 Å². The zero-order valence-corrected chi connectivity index (χ0v) is 14.5. The van der Waals surface area contributed by atoms with Gasteiger partial charge >= 0.3 is 6.09 Å². The summed E-state index contributed by atoms with van der Waals surface area (Å²) in [4.78, 5) is 34.3.